The van der Waals surface area contributed by atoms with Gasteiger partial charge in [-0.05, 0) is 61.8 Å². The molecule has 2 heterocycles. The number of amides is 2. The van der Waals surface area contributed by atoms with Gasteiger partial charge in [0.2, 0.25) is 11.8 Å². The van der Waals surface area contributed by atoms with Gasteiger partial charge in [-0.15, -0.1) is 0 Å². The van der Waals surface area contributed by atoms with Crippen LogP contribution in [0.2, 0.25) is 5.02 Å². The molecule has 2 amide bonds. The number of hydrogen-bond acceptors (Lipinski definition) is 5. The molecule has 0 bridgehead atoms. The first-order chi connectivity index (χ1) is 19.7. The molecular formula is C29H31ClF3N5O4. The molecule has 0 saturated heterocycles. The molecular weight excluding hydrogens is 575 g/mol. The van der Waals surface area contributed by atoms with Crippen LogP contribution in [0.5, 0.6) is 0 Å². The first-order valence-electron chi connectivity index (χ1n) is 13.0. The largest absolute Gasteiger partial charge is 0.490 e. The number of para-hydroxylation sites is 1. The minimum absolute atomic E-state index is 0.193. The lowest BCUT2D eigenvalue weighted by Crippen LogP contribution is -2.54. The van der Waals surface area contributed by atoms with Crippen LogP contribution < -0.4 is 10.2 Å². The van der Waals surface area contributed by atoms with Gasteiger partial charge in [0.25, 0.3) is 0 Å². The number of fused-ring (bicyclic) bond motifs is 2. The summed E-state index contributed by atoms with van der Waals surface area (Å²) in [6.45, 7) is 3.30. The van der Waals surface area contributed by atoms with E-state index in [-0.39, 0.29) is 24.2 Å². The normalized spacial score (nSPS) is 16.1. The molecule has 0 fully saturated rings. The van der Waals surface area contributed by atoms with E-state index in [4.69, 9.17) is 26.8 Å². The zero-order valence-electron chi connectivity index (χ0n) is 23.2. The Labute approximate surface area is 245 Å². The summed E-state index contributed by atoms with van der Waals surface area (Å²) in [7, 11) is 4.04. The highest BCUT2D eigenvalue weighted by Gasteiger charge is 2.38. The van der Waals surface area contributed by atoms with Gasteiger partial charge in [-0.3, -0.25) is 9.59 Å². The number of carbonyl (C=O) groups is 3. The highest BCUT2D eigenvalue weighted by Crippen LogP contribution is 2.35. The summed E-state index contributed by atoms with van der Waals surface area (Å²) >= 11 is 6.29. The average molecular weight is 606 g/mol. The van der Waals surface area contributed by atoms with Gasteiger partial charge < -0.3 is 25.2 Å². The van der Waals surface area contributed by atoms with E-state index in [1.807, 2.05) is 69.7 Å². The van der Waals surface area contributed by atoms with E-state index >= 15 is 0 Å². The molecule has 3 N–H and O–H groups in total. The topological polar surface area (TPSA) is 130 Å². The van der Waals surface area contributed by atoms with Gasteiger partial charge in [0, 0.05) is 46.8 Å². The van der Waals surface area contributed by atoms with Crippen molar-refractivity contribution in [3.63, 3.8) is 0 Å². The highest BCUT2D eigenvalue weighted by atomic mass is 35.5. The van der Waals surface area contributed by atoms with Crippen molar-refractivity contribution in [3.8, 4) is 6.07 Å². The Bertz CT molecular complexity index is 1480. The number of nitriles is 1. The minimum atomic E-state index is -5.08. The minimum Gasteiger partial charge on any atom is -0.475 e. The molecule has 13 heteroatoms. The van der Waals surface area contributed by atoms with E-state index in [9.17, 15) is 22.8 Å². The predicted octanol–water partition coefficient (Wildman–Crippen LogP) is 4.72. The third-order valence-corrected chi connectivity index (χ3v) is 7.08. The van der Waals surface area contributed by atoms with E-state index < -0.39 is 24.1 Å². The molecule has 3 atom stereocenters. The fourth-order valence-electron chi connectivity index (χ4n) is 5.08. The molecule has 0 spiro atoms. The Morgan fingerprint density at radius 2 is 1.90 bits per heavy atom. The van der Waals surface area contributed by atoms with Crippen molar-refractivity contribution in [1.29, 1.82) is 5.26 Å². The first kappa shape index (κ1) is 32.4. The van der Waals surface area contributed by atoms with Gasteiger partial charge in [0.1, 0.15) is 12.5 Å². The first-order valence-corrected chi connectivity index (χ1v) is 13.4. The molecule has 0 saturated carbocycles. The zero-order valence-corrected chi connectivity index (χ0v) is 24.0. The number of aliphatic carboxylic acids is 1. The lowest BCUT2D eigenvalue weighted by Gasteiger charge is -2.38. The van der Waals surface area contributed by atoms with Crippen LogP contribution in [0, 0.1) is 17.2 Å². The van der Waals surface area contributed by atoms with E-state index in [0.29, 0.717) is 11.6 Å². The van der Waals surface area contributed by atoms with Crippen molar-refractivity contribution >= 4 is 46.0 Å². The molecule has 2 aromatic carbocycles. The van der Waals surface area contributed by atoms with Crippen LogP contribution in [-0.2, 0) is 20.8 Å². The van der Waals surface area contributed by atoms with Gasteiger partial charge >= 0.3 is 12.1 Å². The molecule has 4 rings (SSSR count). The molecule has 1 aliphatic heterocycles. The number of H-pyrrole nitrogens is 1. The number of halogens is 4. The molecule has 0 aliphatic carbocycles. The maximum absolute atomic E-state index is 14.2. The number of carboxylic acid groups (broad SMARTS) is 1. The van der Waals surface area contributed by atoms with Crippen LogP contribution in [0.1, 0.15) is 30.4 Å². The van der Waals surface area contributed by atoms with E-state index in [1.165, 1.54) is 0 Å². The lowest BCUT2D eigenvalue weighted by molar-refractivity contribution is -0.192. The molecule has 2 unspecified atom stereocenters. The van der Waals surface area contributed by atoms with Gasteiger partial charge in [-0.25, -0.2) is 4.79 Å². The monoisotopic (exact) mass is 605 g/mol. The van der Waals surface area contributed by atoms with Crippen molar-refractivity contribution in [2.24, 2.45) is 5.92 Å². The third kappa shape index (κ3) is 8.02. The second-order valence-electron chi connectivity index (χ2n) is 10.3. The summed E-state index contributed by atoms with van der Waals surface area (Å²) in [5.41, 5.74) is 3.74. The molecule has 9 nitrogen and oxygen atoms in total. The summed E-state index contributed by atoms with van der Waals surface area (Å²) in [6.07, 6.45) is -2.67. The third-order valence-electron chi connectivity index (χ3n) is 6.85. The van der Waals surface area contributed by atoms with Crippen LogP contribution in [0.25, 0.3) is 10.9 Å². The molecule has 1 aromatic heterocycles. The zero-order chi connectivity index (χ0) is 31.2. The molecule has 224 valence electrons. The summed E-state index contributed by atoms with van der Waals surface area (Å²) in [5, 5.41) is 20.7. The van der Waals surface area contributed by atoms with Gasteiger partial charge in [0.15, 0.2) is 0 Å². The standard InChI is InChI=1S/C27H30ClN5O2.C2HF3O2/c1-17(22-14-30-23-7-5-4-6-21(22)23)26(31-25(34)10-11-29)27(35)33-16-18(15-32(2)3)12-19-13-20(28)8-9-24(19)33;3-2(4,5)1(6)7/h4-9,13-14,17-18,26,30H,10,12,15-16H2,1-3H3,(H,31,34);(H,6,7)/t17?,18-,26?;/m1./s1. The highest BCUT2D eigenvalue weighted by molar-refractivity contribution is 6.30. The summed E-state index contributed by atoms with van der Waals surface area (Å²) in [4.78, 5) is 42.8. The van der Waals surface area contributed by atoms with Crippen molar-refractivity contribution in [2.45, 2.75) is 37.9 Å². The maximum atomic E-state index is 14.2. The van der Waals surface area contributed by atoms with E-state index in [0.717, 1.165) is 40.7 Å². The summed E-state index contributed by atoms with van der Waals surface area (Å²) < 4.78 is 31.7. The molecule has 42 heavy (non-hydrogen) atoms. The Balaban J connectivity index is 0.000000616. The van der Waals surface area contributed by atoms with Crippen LogP contribution in [-0.4, -0.2) is 72.2 Å². The van der Waals surface area contributed by atoms with Crippen LogP contribution >= 0.6 is 11.6 Å². The van der Waals surface area contributed by atoms with Crippen molar-refractivity contribution in [1.82, 2.24) is 15.2 Å². The second kappa shape index (κ2) is 13.7. The number of benzene rings is 2. The fraction of sp³-hybridized carbons (Fsp3) is 0.379. The Morgan fingerprint density at radius 1 is 1.24 bits per heavy atom. The molecule has 1 aliphatic rings. The number of aromatic nitrogens is 1. The Hall–Kier alpha value is -4.08. The smallest absolute Gasteiger partial charge is 0.475 e. The number of anilines is 1. The SMILES string of the molecule is CC(c1c[nH]c2ccccc12)C(NC(=O)CC#N)C(=O)N1C[C@@H](CN(C)C)Cc2cc(Cl)ccc21.O=C(O)C(F)(F)F. The predicted molar refractivity (Wildman–Crippen MR) is 152 cm³/mol. The number of nitrogens with one attached hydrogen (secondary N) is 2. The van der Waals surface area contributed by atoms with Crippen LogP contribution in [0.15, 0.2) is 48.7 Å². The van der Waals surface area contributed by atoms with Gasteiger partial charge in [-0.1, -0.05) is 36.7 Å². The number of aromatic amines is 1. The van der Waals surface area contributed by atoms with Crippen molar-refractivity contribution in [3.05, 3.63) is 64.8 Å². The van der Waals surface area contributed by atoms with Crippen molar-refractivity contribution in [2.75, 3.05) is 32.1 Å². The summed E-state index contributed by atoms with van der Waals surface area (Å²) in [6, 6.07) is 14.5. The second-order valence-corrected chi connectivity index (χ2v) is 10.8. The van der Waals surface area contributed by atoms with Crippen LogP contribution in [0.4, 0.5) is 18.9 Å². The molecule has 0 radical (unpaired) electrons. The number of nitrogens with zero attached hydrogens (tertiary/aromatic N) is 3. The van der Waals surface area contributed by atoms with Gasteiger partial charge in [0.05, 0.1) is 6.07 Å². The van der Waals surface area contributed by atoms with Crippen molar-refractivity contribution < 1.29 is 32.7 Å². The summed E-state index contributed by atoms with van der Waals surface area (Å²) in [5.74, 6) is -3.52. The number of carboxylic acids is 1. The number of alkyl halides is 3. The van der Waals surface area contributed by atoms with E-state index in [2.05, 4.69) is 15.2 Å². The number of carbonyl (C=O) groups excluding carboxylic acids is 2. The number of hydrogen-bond donors (Lipinski definition) is 3. The Kier molecular flexibility index (Phi) is 10.6. The molecule has 3 aromatic rings. The van der Waals surface area contributed by atoms with Crippen LogP contribution in [0.3, 0.4) is 0 Å². The quantitative estimate of drug-likeness (QED) is 0.357. The Morgan fingerprint density at radius 3 is 2.52 bits per heavy atom. The lowest BCUT2D eigenvalue weighted by atomic mass is 9.88. The average Bonchev–Trinajstić information content (AvgIpc) is 3.34. The van der Waals surface area contributed by atoms with E-state index in [1.54, 1.807) is 11.0 Å². The van der Waals surface area contributed by atoms with Gasteiger partial charge in [-0.2, -0.15) is 18.4 Å². The maximum Gasteiger partial charge on any atom is 0.490 e. The number of rotatable bonds is 7. The fourth-order valence-corrected chi connectivity index (χ4v) is 5.27.